The highest BCUT2D eigenvalue weighted by Crippen LogP contribution is 2.50. The standard InChI is InChI=1S/C88H59BN6/c1-58-27-26-41-74(88-91-86(63-36-16-6-17-37-63)90-87(92-88)64-38-18-7-19-39-64)85(58)95-78-44-23-20-40-73(78)75-55-65(47-48-79(75)95)70-56-82-84-83(57-70)94(72-53-68(61-32-12-4-13-33-61)50-69(54-72)62-34-14-5-15-35-62)81-46-25-22-43-77(81)89(84)76-42-21-24-45-80(76)93(82)71-51-66(59-28-8-2-9-29-59)49-67(52-71)60-30-10-3-11-31-60/h2-57H,1H3. The summed E-state index contributed by atoms with van der Waals surface area (Å²) in [5, 5.41) is 2.28. The molecule has 0 unspecified atom stereocenters. The second-order valence-corrected chi connectivity index (χ2v) is 24.7. The fourth-order valence-corrected chi connectivity index (χ4v) is 14.7. The van der Waals surface area contributed by atoms with Crippen molar-refractivity contribution < 1.29 is 0 Å². The molecule has 0 bridgehead atoms. The molecule has 0 aliphatic carbocycles. The Balaban J connectivity index is 0.898. The summed E-state index contributed by atoms with van der Waals surface area (Å²) in [4.78, 5) is 20.8. The SMILES string of the molecule is Cc1cccc(-c2nc(-c3ccccc3)nc(-c3ccccc3)n2)c1-n1c2ccccc2c2cc(-c3cc4c5c(c3)N(c3cc(-c6ccccc6)cc(-c6ccccc6)c3)c3ccccc3B5c3ccccc3N4c3cc(-c4ccccc4)cc(-c4ccccc4)c3)ccc21. The molecule has 0 radical (unpaired) electrons. The molecule has 0 saturated heterocycles. The van der Waals surface area contributed by atoms with Gasteiger partial charge in [-0.3, -0.25) is 0 Å². The average Bonchev–Trinajstić information content (AvgIpc) is 1.22. The lowest BCUT2D eigenvalue weighted by Gasteiger charge is -2.44. The van der Waals surface area contributed by atoms with Crippen molar-refractivity contribution in [2.75, 3.05) is 9.80 Å². The Labute approximate surface area is 552 Å². The fourth-order valence-electron chi connectivity index (χ4n) is 14.7. The van der Waals surface area contributed by atoms with Crippen LogP contribution in [0, 0.1) is 6.92 Å². The van der Waals surface area contributed by atoms with E-state index in [1.165, 1.54) is 16.4 Å². The van der Waals surface area contributed by atoms with Crippen molar-refractivity contribution in [2.45, 2.75) is 6.92 Å². The summed E-state index contributed by atoms with van der Waals surface area (Å²) in [5.74, 6) is 1.84. The van der Waals surface area contributed by atoms with E-state index in [0.717, 1.165) is 140 Å². The molecular weight excluding hydrogens is 1150 g/mol. The lowest BCUT2D eigenvalue weighted by molar-refractivity contribution is 1.06. The highest BCUT2D eigenvalue weighted by atomic mass is 15.2. The third-order valence-corrected chi connectivity index (χ3v) is 19.1. The van der Waals surface area contributed by atoms with E-state index < -0.39 is 0 Å². The zero-order chi connectivity index (χ0) is 62.9. The van der Waals surface area contributed by atoms with Gasteiger partial charge in [0.2, 0.25) is 0 Å². The number of rotatable bonds is 11. The van der Waals surface area contributed by atoms with E-state index in [-0.39, 0.29) is 6.71 Å². The lowest BCUT2D eigenvalue weighted by Crippen LogP contribution is -2.61. The molecule has 0 spiro atoms. The van der Waals surface area contributed by atoms with Gasteiger partial charge >= 0.3 is 0 Å². The highest BCUT2D eigenvalue weighted by molar-refractivity contribution is 7.00. The van der Waals surface area contributed by atoms with E-state index in [0.29, 0.717) is 17.5 Å². The zero-order valence-electron chi connectivity index (χ0n) is 52.1. The summed E-state index contributed by atoms with van der Waals surface area (Å²) in [6, 6.07) is 124. The van der Waals surface area contributed by atoms with Gasteiger partial charge in [0.1, 0.15) is 0 Å². The van der Waals surface area contributed by atoms with Crippen LogP contribution in [0.5, 0.6) is 0 Å². The molecule has 2 aromatic heterocycles. The summed E-state index contributed by atoms with van der Waals surface area (Å²) in [5.41, 5.74) is 28.9. The Morgan fingerprint density at radius 2 is 0.653 bits per heavy atom. The Kier molecular flexibility index (Phi) is 13.4. The van der Waals surface area contributed by atoms with Crippen LogP contribution in [0.15, 0.2) is 340 Å². The monoisotopic (exact) mass is 1210 g/mol. The third kappa shape index (κ3) is 9.63. The number of hydrogen-bond donors (Lipinski definition) is 0. The van der Waals surface area contributed by atoms with E-state index in [1.54, 1.807) is 0 Å². The number of aromatic nitrogens is 4. The number of para-hydroxylation sites is 4. The van der Waals surface area contributed by atoms with Crippen molar-refractivity contribution in [1.29, 1.82) is 0 Å². The van der Waals surface area contributed by atoms with E-state index >= 15 is 0 Å². The smallest absolute Gasteiger partial charge is 0.252 e. The van der Waals surface area contributed by atoms with Gasteiger partial charge in [0, 0.05) is 61.6 Å². The summed E-state index contributed by atoms with van der Waals surface area (Å²) in [7, 11) is 0. The second kappa shape index (κ2) is 23.0. The lowest BCUT2D eigenvalue weighted by atomic mass is 9.33. The van der Waals surface area contributed by atoms with Gasteiger partial charge in [-0.2, -0.15) is 0 Å². The van der Waals surface area contributed by atoms with Crippen LogP contribution in [-0.2, 0) is 0 Å². The van der Waals surface area contributed by atoms with E-state index in [1.807, 2.05) is 36.4 Å². The van der Waals surface area contributed by atoms with Gasteiger partial charge in [0.15, 0.2) is 17.5 Å². The molecule has 0 N–H and O–H groups in total. The number of fused-ring (bicyclic) bond motifs is 7. The molecule has 0 fully saturated rings. The van der Waals surface area contributed by atoms with Gasteiger partial charge < -0.3 is 14.4 Å². The molecule has 6 nitrogen and oxygen atoms in total. The van der Waals surface area contributed by atoms with Gasteiger partial charge in [-0.25, -0.2) is 15.0 Å². The van der Waals surface area contributed by atoms with Crippen LogP contribution in [-0.4, -0.2) is 26.2 Å². The molecule has 0 amide bonds. The van der Waals surface area contributed by atoms with Crippen molar-refractivity contribution in [3.05, 3.63) is 345 Å². The molecule has 0 saturated carbocycles. The van der Waals surface area contributed by atoms with Gasteiger partial charge in [0.05, 0.1) is 16.7 Å². The molecule has 14 aromatic carbocycles. The maximum atomic E-state index is 5.31. The number of anilines is 6. The van der Waals surface area contributed by atoms with Crippen LogP contribution in [0.4, 0.5) is 34.1 Å². The highest BCUT2D eigenvalue weighted by Gasteiger charge is 2.44. The minimum Gasteiger partial charge on any atom is -0.311 e. The average molecular weight is 1210 g/mol. The fraction of sp³-hybridized carbons (Fsp3) is 0.0114. The number of benzene rings is 14. The van der Waals surface area contributed by atoms with Crippen LogP contribution in [0.25, 0.3) is 117 Å². The first kappa shape index (κ1) is 55.4. The summed E-state index contributed by atoms with van der Waals surface area (Å²) >= 11 is 0. The first-order chi connectivity index (χ1) is 47.0. The Bertz CT molecular complexity index is 5250. The molecule has 7 heteroatoms. The molecule has 444 valence electrons. The van der Waals surface area contributed by atoms with Gasteiger partial charge in [0.25, 0.3) is 6.71 Å². The van der Waals surface area contributed by atoms with Crippen molar-refractivity contribution in [1.82, 2.24) is 19.5 Å². The van der Waals surface area contributed by atoms with Crippen LogP contribution in [0.1, 0.15) is 5.56 Å². The minimum absolute atomic E-state index is 0.0913. The molecule has 18 rings (SSSR count). The Hall–Kier alpha value is -12.4. The van der Waals surface area contributed by atoms with E-state index in [4.69, 9.17) is 15.0 Å². The quantitative estimate of drug-likeness (QED) is 0.121. The van der Waals surface area contributed by atoms with E-state index in [2.05, 4.69) is 325 Å². The number of nitrogens with zero attached hydrogens (tertiary/aromatic N) is 6. The van der Waals surface area contributed by atoms with E-state index in [9.17, 15) is 0 Å². The maximum absolute atomic E-state index is 5.31. The minimum atomic E-state index is -0.0913. The molecule has 0 atom stereocenters. The molecule has 2 aliphatic heterocycles. The maximum Gasteiger partial charge on any atom is 0.252 e. The van der Waals surface area contributed by atoms with Gasteiger partial charge in [-0.1, -0.05) is 255 Å². The van der Waals surface area contributed by atoms with Crippen LogP contribution in [0.3, 0.4) is 0 Å². The van der Waals surface area contributed by atoms with Crippen LogP contribution < -0.4 is 26.2 Å². The largest absolute Gasteiger partial charge is 0.311 e. The predicted octanol–water partition coefficient (Wildman–Crippen LogP) is 20.7. The molecule has 95 heavy (non-hydrogen) atoms. The van der Waals surface area contributed by atoms with Crippen molar-refractivity contribution >= 4 is 79.0 Å². The Morgan fingerprint density at radius 3 is 1.13 bits per heavy atom. The Morgan fingerprint density at radius 1 is 0.263 bits per heavy atom. The molecule has 2 aliphatic rings. The van der Waals surface area contributed by atoms with Crippen molar-refractivity contribution in [3.63, 3.8) is 0 Å². The van der Waals surface area contributed by atoms with Crippen molar-refractivity contribution in [3.8, 4) is 95.5 Å². The number of aryl methyl sites for hydroxylation is 1. The van der Waals surface area contributed by atoms with Crippen molar-refractivity contribution in [2.24, 2.45) is 0 Å². The first-order valence-corrected chi connectivity index (χ1v) is 32.5. The molecule has 16 aromatic rings. The molecular formula is C88H59BN6. The predicted molar refractivity (Wildman–Crippen MR) is 396 cm³/mol. The topological polar surface area (TPSA) is 50.1 Å². The summed E-state index contributed by atoms with van der Waals surface area (Å²) in [6.45, 7) is 2.10. The summed E-state index contributed by atoms with van der Waals surface area (Å²) < 4.78 is 2.43. The summed E-state index contributed by atoms with van der Waals surface area (Å²) in [6.07, 6.45) is 0. The van der Waals surface area contributed by atoms with Crippen LogP contribution in [0.2, 0.25) is 0 Å². The van der Waals surface area contributed by atoms with Crippen LogP contribution >= 0.6 is 0 Å². The normalized spacial score (nSPS) is 12.2. The second-order valence-electron chi connectivity index (χ2n) is 24.7. The van der Waals surface area contributed by atoms with Gasteiger partial charge in [-0.05, 0) is 169 Å². The number of hydrogen-bond acceptors (Lipinski definition) is 5. The zero-order valence-corrected chi connectivity index (χ0v) is 52.1. The molecule has 4 heterocycles. The van der Waals surface area contributed by atoms with Gasteiger partial charge in [-0.15, -0.1) is 0 Å². The first-order valence-electron chi connectivity index (χ1n) is 32.5. The third-order valence-electron chi connectivity index (χ3n) is 19.1.